The van der Waals surface area contributed by atoms with E-state index in [0.29, 0.717) is 13.0 Å². The van der Waals surface area contributed by atoms with Gasteiger partial charge in [0.1, 0.15) is 11.5 Å². The first-order valence-electron chi connectivity index (χ1n) is 8.18. The molecule has 0 aliphatic heterocycles. The third-order valence-electron chi connectivity index (χ3n) is 3.90. The molecule has 1 amide bonds. The van der Waals surface area contributed by atoms with Crippen LogP contribution in [0.1, 0.15) is 30.0 Å². The lowest BCUT2D eigenvalue weighted by molar-refractivity contribution is -0.128. The zero-order valence-electron chi connectivity index (χ0n) is 14.8. The summed E-state index contributed by atoms with van der Waals surface area (Å²) in [5.41, 5.74) is 3.16. The summed E-state index contributed by atoms with van der Waals surface area (Å²) in [5, 5.41) is 2.94. The predicted molar refractivity (Wildman–Crippen MR) is 95.5 cm³/mol. The van der Waals surface area contributed by atoms with Crippen molar-refractivity contribution in [3.8, 4) is 11.5 Å². The molecule has 1 N–H and O–H groups in total. The Morgan fingerprint density at radius 2 is 1.83 bits per heavy atom. The fourth-order valence-electron chi connectivity index (χ4n) is 2.36. The molecule has 0 saturated heterocycles. The molecule has 1 atom stereocenters. The Kier molecular flexibility index (Phi) is 6.24. The average Bonchev–Trinajstić information content (AvgIpc) is 2.60. The Labute approximate surface area is 143 Å². The molecule has 24 heavy (non-hydrogen) atoms. The van der Waals surface area contributed by atoms with Crippen LogP contribution in [0.4, 0.5) is 0 Å². The molecule has 0 fully saturated rings. The summed E-state index contributed by atoms with van der Waals surface area (Å²) in [6, 6.07) is 13.6. The maximum absolute atomic E-state index is 12.4. The molecule has 0 bridgehead atoms. The maximum Gasteiger partial charge on any atom is 0.261 e. The van der Waals surface area contributed by atoms with Gasteiger partial charge in [0.15, 0.2) is 6.10 Å². The minimum atomic E-state index is -0.497. The molecule has 0 spiro atoms. The van der Waals surface area contributed by atoms with Gasteiger partial charge in [0.05, 0.1) is 7.11 Å². The van der Waals surface area contributed by atoms with Crippen molar-refractivity contribution in [1.82, 2.24) is 5.32 Å². The van der Waals surface area contributed by atoms with Crippen LogP contribution in [0.15, 0.2) is 42.5 Å². The zero-order valence-corrected chi connectivity index (χ0v) is 14.8. The number of nitrogens with one attached hydrogen (secondary N) is 1. The molecule has 4 heteroatoms. The van der Waals surface area contributed by atoms with E-state index < -0.39 is 6.10 Å². The summed E-state index contributed by atoms with van der Waals surface area (Å²) in [7, 11) is 1.63. The molecule has 0 radical (unpaired) electrons. The molecule has 2 aromatic rings. The quantitative estimate of drug-likeness (QED) is 0.842. The van der Waals surface area contributed by atoms with Crippen LogP contribution < -0.4 is 14.8 Å². The molecule has 0 aliphatic rings. The van der Waals surface area contributed by atoms with E-state index in [-0.39, 0.29) is 5.91 Å². The van der Waals surface area contributed by atoms with E-state index in [2.05, 4.69) is 5.32 Å². The largest absolute Gasteiger partial charge is 0.497 e. The first-order valence-corrected chi connectivity index (χ1v) is 8.18. The zero-order chi connectivity index (χ0) is 17.5. The predicted octanol–water partition coefficient (Wildman–Crippen LogP) is 3.79. The first-order chi connectivity index (χ1) is 11.5. The van der Waals surface area contributed by atoms with Crippen molar-refractivity contribution in [2.24, 2.45) is 0 Å². The van der Waals surface area contributed by atoms with Gasteiger partial charge >= 0.3 is 0 Å². The van der Waals surface area contributed by atoms with Gasteiger partial charge in [-0.2, -0.15) is 0 Å². The highest BCUT2D eigenvalue weighted by atomic mass is 16.5. The molecule has 0 aliphatic carbocycles. The Morgan fingerprint density at radius 1 is 1.12 bits per heavy atom. The second kappa shape index (κ2) is 8.39. The summed E-state index contributed by atoms with van der Waals surface area (Å²) in [4.78, 5) is 12.4. The van der Waals surface area contributed by atoms with Gasteiger partial charge in [0, 0.05) is 6.54 Å². The Hall–Kier alpha value is -2.49. The lowest BCUT2D eigenvalue weighted by atomic mass is 10.1. The number of benzene rings is 2. The smallest absolute Gasteiger partial charge is 0.261 e. The summed E-state index contributed by atoms with van der Waals surface area (Å²) in [6.45, 7) is 6.41. The second-order valence-electron chi connectivity index (χ2n) is 5.85. The molecular formula is C20H25NO3. The Balaban J connectivity index is 1.96. The third kappa shape index (κ3) is 4.75. The summed E-state index contributed by atoms with van der Waals surface area (Å²) in [5.74, 6) is 1.46. The van der Waals surface area contributed by atoms with Crippen LogP contribution in [0, 0.1) is 13.8 Å². The number of carbonyl (C=O) groups excluding carboxylic acids is 1. The van der Waals surface area contributed by atoms with Crippen LogP contribution in [-0.4, -0.2) is 19.1 Å². The van der Waals surface area contributed by atoms with E-state index in [9.17, 15) is 4.79 Å². The van der Waals surface area contributed by atoms with Crippen LogP contribution in [0.2, 0.25) is 0 Å². The van der Waals surface area contributed by atoms with Crippen molar-refractivity contribution >= 4 is 5.91 Å². The molecule has 128 valence electrons. The van der Waals surface area contributed by atoms with Gasteiger partial charge in [-0.15, -0.1) is 0 Å². The normalized spacial score (nSPS) is 11.7. The number of aryl methyl sites for hydroxylation is 2. The topological polar surface area (TPSA) is 47.6 Å². The van der Waals surface area contributed by atoms with Crippen molar-refractivity contribution < 1.29 is 14.3 Å². The van der Waals surface area contributed by atoms with Gasteiger partial charge < -0.3 is 14.8 Å². The fraction of sp³-hybridized carbons (Fsp3) is 0.350. The standard InChI is InChI=1S/C20H25NO3/c1-5-18(24-19-12-14(2)6-7-15(19)3)20(22)21-13-16-8-10-17(23-4)11-9-16/h6-12,18H,5,13H2,1-4H3,(H,21,22). The molecule has 4 nitrogen and oxygen atoms in total. The lowest BCUT2D eigenvalue weighted by Gasteiger charge is -2.19. The van der Waals surface area contributed by atoms with Crippen LogP contribution in [0.25, 0.3) is 0 Å². The molecule has 2 aromatic carbocycles. The molecule has 2 rings (SSSR count). The first kappa shape index (κ1) is 17.9. The van der Waals surface area contributed by atoms with Crippen molar-refractivity contribution in [3.63, 3.8) is 0 Å². The summed E-state index contributed by atoms with van der Waals surface area (Å²) < 4.78 is 11.1. The number of amides is 1. The molecular weight excluding hydrogens is 302 g/mol. The minimum absolute atomic E-state index is 0.103. The lowest BCUT2D eigenvalue weighted by Crippen LogP contribution is -2.37. The van der Waals surface area contributed by atoms with Crippen molar-refractivity contribution in [1.29, 1.82) is 0 Å². The van der Waals surface area contributed by atoms with Gasteiger partial charge in [0.2, 0.25) is 0 Å². The number of ether oxygens (including phenoxy) is 2. The highest BCUT2D eigenvalue weighted by Gasteiger charge is 2.19. The number of hydrogen-bond donors (Lipinski definition) is 1. The van der Waals surface area contributed by atoms with E-state index >= 15 is 0 Å². The minimum Gasteiger partial charge on any atom is -0.497 e. The molecule has 1 unspecified atom stereocenters. The van der Waals surface area contributed by atoms with Gasteiger partial charge in [0.25, 0.3) is 5.91 Å². The van der Waals surface area contributed by atoms with Crippen molar-refractivity contribution in [3.05, 3.63) is 59.2 Å². The summed E-state index contributed by atoms with van der Waals surface area (Å²) >= 11 is 0. The highest BCUT2D eigenvalue weighted by Crippen LogP contribution is 2.21. The van der Waals surface area contributed by atoms with Crippen LogP contribution in [-0.2, 0) is 11.3 Å². The van der Waals surface area contributed by atoms with E-state index in [0.717, 1.165) is 28.2 Å². The number of hydrogen-bond acceptors (Lipinski definition) is 3. The Morgan fingerprint density at radius 3 is 2.46 bits per heavy atom. The highest BCUT2D eigenvalue weighted by molar-refractivity contribution is 5.81. The van der Waals surface area contributed by atoms with Crippen LogP contribution in [0.5, 0.6) is 11.5 Å². The average molecular weight is 327 g/mol. The number of carbonyl (C=O) groups is 1. The second-order valence-corrected chi connectivity index (χ2v) is 5.85. The van der Waals surface area contributed by atoms with Crippen molar-refractivity contribution in [2.75, 3.05) is 7.11 Å². The number of methoxy groups -OCH3 is 1. The molecule has 0 heterocycles. The van der Waals surface area contributed by atoms with E-state index in [1.807, 2.05) is 63.2 Å². The summed E-state index contributed by atoms with van der Waals surface area (Å²) in [6.07, 6.45) is 0.116. The SMILES string of the molecule is CCC(Oc1cc(C)ccc1C)C(=O)NCc1ccc(OC)cc1. The van der Waals surface area contributed by atoms with Gasteiger partial charge in [-0.3, -0.25) is 4.79 Å². The monoisotopic (exact) mass is 327 g/mol. The number of rotatable bonds is 7. The van der Waals surface area contributed by atoms with Crippen molar-refractivity contribution in [2.45, 2.75) is 39.8 Å². The van der Waals surface area contributed by atoms with Crippen LogP contribution in [0.3, 0.4) is 0 Å². The van der Waals surface area contributed by atoms with E-state index in [1.165, 1.54) is 0 Å². The van der Waals surface area contributed by atoms with E-state index in [4.69, 9.17) is 9.47 Å². The fourth-order valence-corrected chi connectivity index (χ4v) is 2.36. The Bertz CT molecular complexity index is 680. The molecule has 0 aromatic heterocycles. The third-order valence-corrected chi connectivity index (χ3v) is 3.90. The van der Waals surface area contributed by atoms with Gasteiger partial charge in [-0.25, -0.2) is 0 Å². The van der Waals surface area contributed by atoms with Crippen LogP contribution >= 0.6 is 0 Å². The molecule has 0 saturated carbocycles. The maximum atomic E-state index is 12.4. The van der Waals surface area contributed by atoms with Gasteiger partial charge in [-0.1, -0.05) is 31.2 Å². The van der Waals surface area contributed by atoms with E-state index in [1.54, 1.807) is 7.11 Å². The van der Waals surface area contributed by atoms with Gasteiger partial charge in [-0.05, 0) is 55.2 Å².